The number of nitrogens with zero attached hydrogens (tertiary/aromatic N) is 3. The van der Waals surface area contributed by atoms with Crippen LogP contribution in [0.5, 0.6) is 0 Å². The van der Waals surface area contributed by atoms with Crippen molar-refractivity contribution < 1.29 is 19.4 Å². The maximum Gasteiger partial charge on any atom is 0.269 e. The second-order valence-corrected chi connectivity index (χ2v) is 7.08. The van der Waals surface area contributed by atoms with Crippen LogP contribution in [0, 0.1) is 20.2 Å². The molecule has 3 rings (SSSR count). The Morgan fingerprint density at radius 3 is 1.78 bits per heavy atom. The Balaban J connectivity index is 1.98. The van der Waals surface area contributed by atoms with Crippen molar-refractivity contribution in [3.05, 3.63) is 104 Å². The number of hydrogen-bond donors (Lipinski definition) is 0. The Hall–Kier alpha value is -4.40. The highest BCUT2D eigenvalue weighted by Gasteiger charge is 2.25. The summed E-state index contributed by atoms with van der Waals surface area (Å²) < 4.78 is 0. The van der Waals surface area contributed by atoms with Crippen molar-refractivity contribution in [3.63, 3.8) is 0 Å². The van der Waals surface area contributed by atoms with Crippen molar-refractivity contribution in [2.24, 2.45) is 0 Å². The maximum absolute atomic E-state index is 13.2. The van der Waals surface area contributed by atoms with Crippen molar-refractivity contribution in [2.45, 2.75) is 6.42 Å². The minimum Gasteiger partial charge on any atom is -0.334 e. The molecule has 9 heteroatoms. The van der Waals surface area contributed by atoms with Crippen molar-refractivity contribution in [3.8, 4) is 0 Å². The van der Waals surface area contributed by atoms with Crippen molar-refractivity contribution in [1.82, 2.24) is 4.90 Å². The number of rotatable bonds is 5. The average molecular weight is 433 g/mol. The van der Waals surface area contributed by atoms with Crippen LogP contribution in [0.4, 0.5) is 11.4 Å². The molecule has 0 spiro atoms. The van der Waals surface area contributed by atoms with Crippen LogP contribution in [0.3, 0.4) is 0 Å². The summed E-state index contributed by atoms with van der Waals surface area (Å²) in [6.45, 7) is 3.87. The molecule has 2 aromatic carbocycles. The Kier molecular flexibility index (Phi) is 6.69. The first-order chi connectivity index (χ1) is 15.3. The molecule has 2 aromatic rings. The van der Waals surface area contributed by atoms with Crippen LogP contribution in [-0.2, 0) is 9.59 Å². The number of ketones is 1. The molecule has 1 amide bonds. The van der Waals surface area contributed by atoms with E-state index in [2.05, 4.69) is 6.58 Å². The van der Waals surface area contributed by atoms with Crippen LogP contribution >= 0.6 is 0 Å². The van der Waals surface area contributed by atoms with E-state index in [-0.39, 0.29) is 29.6 Å². The summed E-state index contributed by atoms with van der Waals surface area (Å²) in [6, 6.07) is 11.6. The molecule has 0 bridgehead atoms. The Labute approximate surface area is 183 Å². The van der Waals surface area contributed by atoms with Crippen LogP contribution in [0.2, 0.25) is 0 Å². The zero-order chi connectivity index (χ0) is 23.3. The van der Waals surface area contributed by atoms with Crippen LogP contribution in [-0.4, -0.2) is 39.5 Å². The number of hydrogen-bond acceptors (Lipinski definition) is 6. The van der Waals surface area contributed by atoms with E-state index in [0.29, 0.717) is 35.2 Å². The number of carbonyl (C=O) groups is 2. The zero-order valence-electron chi connectivity index (χ0n) is 17.0. The normalized spacial score (nSPS) is 16.6. The Morgan fingerprint density at radius 1 is 0.875 bits per heavy atom. The lowest BCUT2D eigenvalue weighted by Crippen LogP contribution is -2.31. The summed E-state index contributed by atoms with van der Waals surface area (Å²) in [5.41, 5.74) is 1.88. The smallest absolute Gasteiger partial charge is 0.269 e. The number of nitro groups is 2. The summed E-state index contributed by atoms with van der Waals surface area (Å²) in [4.78, 5) is 47.7. The van der Waals surface area contributed by atoms with Gasteiger partial charge in [0.15, 0.2) is 5.78 Å². The van der Waals surface area contributed by atoms with Gasteiger partial charge >= 0.3 is 0 Å². The molecule has 0 aliphatic carbocycles. The molecule has 0 saturated carbocycles. The average Bonchev–Trinajstić information content (AvgIpc) is 2.93. The summed E-state index contributed by atoms with van der Waals surface area (Å²) in [7, 11) is 0. The molecule has 0 radical (unpaired) electrons. The van der Waals surface area contributed by atoms with E-state index in [9.17, 15) is 29.8 Å². The molecule has 1 heterocycles. The van der Waals surface area contributed by atoms with E-state index >= 15 is 0 Å². The molecule has 1 fully saturated rings. The van der Waals surface area contributed by atoms with E-state index in [1.165, 1.54) is 47.4 Å². The Morgan fingerprint density at radius 2 is 1.34 bits per heavy atom. The lowest BCUT2D eigenvalue weighted by molar-refractivity contribution is -0.385. The van der Waals surface area contributed by atoms with Gasteiger partial charge in [-0.05, 0) is 60.0 Å². The topological polar surface area (TPSA) is 124 Å². The third kappa shape index (κ3) is 5.20. The van der Waals surface area contributed by atoms with E-state index in [0.717, 1.165) is 0 Å². The number of benzene rings is 2. The second-order valence-electron chi connectivity index (χ2n) is 7.08. The first kappa shape index (κ1) is 22.3. The van der Waals surface area contributed by atoms with E-state index in [1.807, 2.05) is 0 Å². The lowest BCUT2D eigenvalue weighted by atomic mass is 9.98. The van der Waals surface area contributed by atoms with E-state index in [1.54, 1.807) is 24.3 Å². The van der Waals surface area contributed by atoms with Gasteiger partial charge in [0.2, 0.25) is 5.91 Å². The number of non-ortho nitro benzene ring substituents is 2. The molecule has 1 aliphatic heterocycles. The highest BCUT2D eigenvalue weighted by Crippen LogP contribution is 2.24. The van der Waals surface area contributed by atoms with Crippen LogP contribution in [0.15, 0.2) is 72.3 Å². The standard InChI is InChI=1S/C23H19N3O6/c1-2-22(27)24-12-11-18(13-16-3-7-20(8-4-16)25(29)30)23(28)19(15-24)14-17-5-9-21(10-6-17)26(31)32/h2-10,13-14H,1,11-12,15H2/b18-13+,19-14+. The quantitative estimate of drug-likeness (QED) is 0.399. The molecular formula is C23H19N3O6. The molecular weight excluding hydrogens is 414 g/mol. The monoisotopic (exact) mass is 433 g/mol. The summed E-state index contributed by atoms with van der Waals surface area (Å²) >= 11 is 0. The second kappa shape index (κ2) is 9.61. The van der Waals surface area contributed by atoms with Gasteiger partial charge in [-0.25, -0.2) is 0 Å². The predicted molar refractivity (Wildman–Crippen MR) is 119 cm³/mol. The van der Waals surface area contributed by atoms with Crippen molar-refractivity contribution in [1.29, 1.82) is 0 Å². The van der Waals surface area contributed by atoms with Crippen LogP contribution in [0.1, 0.15) is 17.5 Å². The van der Waals surface area contributed by atoms with Gasteiger partial charge in [0.25, 0.3) is 11.4 Å². The first-order valence-corrected chi connectivity index (χ1v) is 9.64. The van der Waals surface area contributed by atoms with E-state index < -0.39 is 9.85 Å². The van der Waals surface area contributed by atoms with Crippen LogP contribution < -0.4 is 0 Å². The molecule has 1 aliphatic rings. The largest absolute Gasteiger partial charge is 0.334 e. The fourth-order valence-corrected chi connectivity index (χ4v) is 3.28. The number of Topliss-reactive ketones (excluding diaryl/α,β-unsaturated/α-hetero) is 1. The van der Waals surface area contributed by atoms with Gasteiger partial charge < -0.3 is 4.90 Å². The van der Waals surface area contributed by atoms with Gasteiger partial charge in [0, 0.05) is 48.5 Å². The van der Waals surface area contributed by atoms with Gasteiger partial charge in [0.05, 0.1) is 9.85 Å². The van der Waals surface area contributed by atoms with E-state index in [4.69, 9.17) is 0 Å². The molecule has 32 heavy (non-hydrogen) atoms. The summed E-state index contributed by atoms with van der Waals surface area (Å²) in [6.07, 6.45) is 4.73. The maximum atomic E-state index is 13.2. The minimum absolute atomic E-state index is 0.0548. The van der Waals surface area contributed by atoms with Gasteiger partial charge in [0.1, 0.15) is 0 Å². The number of nitro benzene ring substituents is 2. The number of likely N-dealkylation sites (tertiary alicyclic amines) is 1. The highest BCUT2D eigenvalue weighted by molar-refractivity contribution is 6.14. The number of amides is 1. The van der Waals surface area contributed by atoms with Gasteiger partial charge in [-0.2, -0.15) is 0 Å². The van der Waals surface area contributed by atoms with Gasteiger partial charge in [-0.15, -0.1) is 0 Å². The molecule has 0 atom stereocenters. The van der Waals surface area contributed by atoms with Gasteiger partial charge in [-0.3, -0.25) is 29.8 Å². The predicted octanol–water partition coefficient (Wildman–Crippen LogP) is 3.96. The highest BCUT2D eigenvalue weighted by atomic mass is 16.6. The zero-order valence-corrected chi connectivity index (χ0v) is 17.0. The van der Waals surface area contributed by atoms with Crippen molar-refractivity contribution >= 4 is 35.2 Å². The number of carbonyl (C=O) groups excluding carboxylic acids is 2. The SMILES string of the molecule is C=CC(=O)N1CC/C(=C\c2ccc([N+](=O)[O-])cc2)C(=O)/C(=C/c2ccc([N+](=O)[O-])cc2)C1. The third-order valence-electron chi connectivity index (χ3n) is 4.97. The summed E-state index contributed by atoms with van der Waals surface area (Å²) in [5.74, 6) is -0.579. The molecule has 0 aromatic heterocycles. The fourth-order valence-electron chi connectivity index (χ4n) is 3.28. The molecule has 1 saturated heterocycles. The molecule has 0 unspecified atom stereocenters. The Bertz CT molecular complexity index is 1150. The molecule has 9 nitrogen and oxygen atoms in total. The molecule has 0 N–H and O–H groups in total. The minimum atomic E-state index is -0.511. The first-order valence-electron chi connectivity index (χ1n) is 9.64. The van der Waals surface area contributed by atoms with Crippen molar-refractivity contribution in [2.75, 3.05) is 13.1 Å². The van der Waals surface area contributed by atoms with Gasteiger partial charge in [-0.1, -0.05) is 6.58 Å². The summed E-state index contributed by atoms with van der Waals surface area (Å²) in [5, 5.41) is 21.7. The molecule has 162 valence electrons. The van der Waals surface area contributed by atoms with Crippen LogP contribution in [0.25, 0.3) is 12.2 Å². The lowest BCUT2D eigenvalue weighted by Gasteiger charge is -2.18. The third-order valence-corrected chi connectivity index (χ3v) is 4.97. The fraction of sp³-hybridized carbons (Fsp3) is 0.130.